The molecule has 0 aliphatic carbocycles. The zero-order valence-corrected chi connectivity index (χ0v) is 28.0. The van der Waals surface area contributed by atoms with Crippen LogP contribution in [0.5, 0.6) is 17.2 Å². The van der Waals surface area contributed by atoms with Crippen LogP contribution in [0.4, 0.5) is 0 Å². The molecule has 0 aromatic heterocycles. The van der Waals surface area contributed by atoms with Gasteiger partial charge in [0, 0.05) is 31.6 Å². The number of hydrogen-bond donors (Lipinski definition) is 3. The molecule has 4 aliphatic rings. The summed E-state index contributed by atoms with van der Waals surface area (Å²) in [4.78, 5) is 71.0. The van der Waals surface area contributed by atoms with Gasteiger partial charge in [0.1, 0.15) is 29.9 Å². The van der Waals surface area contributed by atoms with Crippen molar-refractivity contribution in [2.24, 2.45) is 5.92 Å². The smallest absolute Gasteiger partial charge is 0.258 e. The van der Waals surface area contributed by atoms with Crippen LogP contribution >= 0.6 is 0 Å². The van der Waals surface area contributed by atoms with Crippen molar-refractivity contribution in [3.63, 3.8) is 0 Å². The Morgan fingerprint density at radius 3 is 2.44 bits per heavy atom. The Labute approximate surface area is 280 Å². The Morgan fingerprint density at radius 1 is 0.938 bits per heavy atom. The first kappa shape index (κ1) is 34.5. The predicted molar refractivity (Wildman–Crippen MR) is 175 cm³/mol. The first-order valence-electron chi connectivity index (χ1n) is 16.6. The number of fused-ring (bicyclic) bond motifs is 14. The van der Waals surface area contributed by atoms with E-state index in [1.165, 1.54) is 4.90 Å². The first-order chi connectivity index (χ1) is 23.0. The molecule has 258 valence electrons. The molecule has 2 bridgehead atoms. The molecule has 48 heavy (non-hydrogen) atoms. The van der Waals surface area contributed by atoms with Crippen molar-refractivity contribution in [1.29, 1.82) is 0 Å². The molecule has 0 unspecified atom stereocenters. The average molecular weight is 664 g/mol. The number of hydrogen-bond acceptors (Lipinski definition) is 8. The second-order valence-electron chi connectivity index (χ2n) is 12.8. The third-order valence-electron chi connectivity index (χ3n) is 8.96. The number of methoxy groups -OCH3 is 1. The number of benzene rings is 2. The minimum Gasteiger partial charge on any atom is -0.493 e. The highest BCUT2D eigenvalue weighted by Gasteiger charge is 2.40. The van der Waals surface area contributed by atoms with Crippen LogP contribution in [-0.4, -0.2) is 96.9 Å². The van der Waals surface area contributed by atoms with Crippen LogP contribution in [0.25, 0.3) is 0 Å². The molecule has 1 saturated heterocycles. The van der Waals surface area contributed by atoms with Gasteiger partial charge in [-0.3, -0.25) is 24.0 Å². The number of nitrogens with one attached hydrogen (secondary N) is 3. The summed E-state index contributed by atoms with van der Waals surface area (Å²) in [6, 6.07) is 8.86. The summed E-state index contributed by atoms with van der Waals surface area (Å²) in [7, 11) is 1.56. The molecule has 1 fully saturated rings. The number of rotatable bonds is 3. The van der Waals surface area contributed by atoms with Crippen LogP contribution in [0, 0.1) is 5.92 Å². The minimum absolute atomic E-state index is 0.172. The summed E-state index contributed by atoms with van der Waals surface area (Å²) in [6.45, 7) is 6.29. The molecule has 13 nitrogen and oxygen atoms in total. The molecule has 2 aromatic carbocycles. The zero-order valence-electron chi connectivity index (χ0n) is 28.0. The van der Waals surface area contributed by atoms with Crippen molar-refractivity contribution >= 4 is 29.5 Å². The second-order valence-corrected chi connectivity index (χ2v) is 12.8. The van der Waals surface area contributed by atoms with Gasteiger partial charge in [0.2, 0.25) is 23.6 Å². The van der Waals surface area contributed by atoms with Gasteiger partial charge in [-0.25, -0.2) is 0 Å². The van der Waals surface area contributed by atoms with E-state index in [2.05, 4.69) is 16.0 Å². The normalized spacial score (nSPS) is 24.3. The number of carbonyl (C=O) groups excluding carboxylic acids is 5. The third kappa shape index (κ3) is 8.00. The van der Waals surface area contributed by atoms with Crippen LogP contribution in [0.2, 0.25) is 0 Å². The van der Waals surface area contributed by atoms with E-state index in [-0.39, 0.29) is 37.3 Å². The van der Waals surface area contributed by atoms with Gasteiger partial charge >= 0.3 is 0 Å². The summed E-state index contributed by atoms with van der Waals surface area (Å²) in [5.74, 6) is -0.747. The van der Waals surface area contributed by atoms with E-state index in [0.29, 0.717) is 56.2 Å². The van der Waals surface area contributed by atoms with E-state index in [4.69, 9.17) is 14.2 Å². The van der Waals surface area contributed by atoms with Gasteiger partial charge in [-0.2, -0.15) is 0 Å². The lowest BCUT2D eigenvalue weighted by molar-refractivity contribution is -0.143. The molecule has 4 aliphatic heterocycles. The largest absolute Gasteiger partial charge is 0.493 e. The van der Waals surface area contributed by atoms with Crippen LogP contribution in [-0.2, 0) is 36.9 Å². The molecule has 5 amide bonds. The number of nitrogens with zero attached hydrogens (tertiary/aromatic N) is 2. The minimum atomic E-state index is -0.991. The average Bonchev–Trinajstić information content (AvgIpc) is 3.56. The van der Waals surface area contributed by atoms with Crippen molar-refractivity contribution in [2.75, 3.05) is 33.4 Å². The Morgan fingerprint density at radius 2 is 1.71 bits per heavy atom. The van der Waals surface area contributed by atoms with E-state index in [1.807, 2.05) is 26.0 Å². The summed E-state index contributed by atoms with van der Waals surface area (Å²) >= 11 is 0. The fourth-order valence-electron chi connectivity index (χ4n) is 6.32. The van der Waals surface area contributed by atoms with E-state index in [9.17, 15) is 24.0 Å². The van der Waals surface area contributed by atoms with Gasteiger partial charge in [-0.1, -0.05) is 38.1 Å². The van der Waals surface area contributed by atoms with Crippen molar-refractivity contribution in [3.8, 4) is 17.2 Å². The van der Waals surface area contributed by atoms with Gasteiger partial charge in [0.05, 0.1) is 13.7 Å². The highest BCUT2D eigenvalue weighted by Crippen LogP contribution is 2.33. The Balaban J connectivity index is 1.42. The number of amides is 5. The van der Waals surface area contributed by atoms with Crippen LogP contribution in [0.15, 0.2) is 42.5 Å². The SMILES string of the molecule is COc1cccc2c1OCCCN(C(=O)[C@@H]1Cc3ccc(cc3)OCC(=O)N[C@@H](C(C)C)C(=O)N3CCC[C@@H]3C(=O)N[C@@H](C)C(=O)N1)C2. The molecule has 4 atom stereocenters. The van der Waals surface area contributed by atoms with E-state index in [0.717, 1.165) is 11.1 Å². The lowest BCUT2D eigenvalue weighted by Gasteiger charge is -2.32. The van der Waals surface area contributed by atoms with Gasteiger partial charge < -0.3 is 40.0 Å². The van der Waals surface area contributed by atoms with Gasteiger partial charge in [-0.15, -0.1) is 0 Å². The number of ether oxygens (including phenoxy) is 3. The topological polar surface area (TPSA) is 156 Å². The predicted octanol–water partition coefficient (Wildman–Crippen LogP) is 1.56. The molecule has 0 spiro atoms. The van der Waals surface area contributed by atoms with Crippen molar-refractivity contribution in [2.45, 2.75) is 77.2 Å². The maximum Gasteiger partial charge on any atom is 0.258 e. The molecule has 13 heteroatoms. The van der Waals surface area contributed by atoms with E-state index < -0.39 is 41.9 Å². The summed E-state index contributed by atoms with van der Waals surface area (Å²) in [5, 5.41) is 8.43. The second kappa shape index (κ2) is 15.4. The fraction of sp³-hybridized carbons (Fsp3) is 0.514. The summed E-state index contributed by atoms with van der Waals surface area (Å²) < 4.78 is 17.2. The van der Waals surface area contributed by atoms with Crippen molar-refractivity contribution < 1.29 is 38.2 Å². The van der Waals surface area contributed by atoms with Crippen molar-refractivity contribution in [3.05, 3.63) is 53.6 Å². The molecule has 0 radical (unpaired) electrons. The Bertz CT molecular complexity index is 1510. The first-order valence-corrected chi connectivity index (χ1v) is 16.6. The van der Waals surface area contributed by atoms with Gasteiger partial charge in [0.25, 0.3) is 5.91 Å². The summed E-state index contributed by atoms with van der Waals surface area (Å²) in [5.41, 5.74) is 1.54. The maximum atomic E-state index is 14.2. The molecular weight excluding hydrogens is 618 g/mol. The Kier molecular flexibility index (Phi) is 11.1. The summed E-state index contributed by atoms with van der Waals surface area (Å²) in [6.07, 6.45) is 1.78. The molecular formula is C35H45N5O8. The van der Waals surface area contributed by atoms with E-state index in [1.54, 1.807) is 49.3 Å². The quantitative estimate of drug-likeness (QED) is 0.447. The highest BCUT2D eigenvalue weighted by molar-refractivity contribution is 5.96. The van der Waals surface area contributed by atoms with Crippen molar-refractivity contribution in [1.82, 2.24) is 25.8 Å². The number of para-hydroxylation sites is 1. The third-order valence-corrected chi connectivity index (χ3v) is 8.96. The lowest BCUT2D eigenvalue weighted by atomic mass is 10.0. The van der Waals surface area contributed by atoms with Crippen LogP contribution < -0.4 is 30.2 Å². The maximum absolute atomic E-state index is 14.2. The fourth-order valence-corrected chi connectivity index (χ4v) is 6.32. The molecule has 2 aromatic rings. The highest BCUT2D eigenvalue weighted by atomic mass is 16.5. The van der Waals surface area contributed by atoms with Gasteiger partial charge in [-0.05, 0) is 55.9 Å². The molecule has 6 rings (SSSR count). The molecule has 0 saturated carbocycles. The number of carbonyl (C=O) groups is 5. The molecule has 3 N–H and O–H groups in total. The standard InChI is InChI=1S/C35H45N5O8/c1-21(2)30-35(45)40-16-6-9-27(40)33(43)36-22(3)32(42)37-26(18-23-11-13-25(14-12-23)48-20-29(41)38-30)34(44)39-15-7-17-47-31-24(19-39)8-5-10-28(31)46-4/h5,8,10-14,21-22,26-27,30H,6-7,9,15-20H2,1-4H3,(H,36,43)(H,37,42)(H,38,41)/t22-,26-,27+,30-/m0/s1. The zero-order chi connectivity index (χ0) is 34.4. The van der Waals surface area contributed by atoms with Crippen LogP contribution in [0.1, 0.15) is 51.2 Å². The van der Waals surface area contributed by atoms with Gasteiger partial charge in [0.15, 0.2) is 18.1 Å². The lowest BCUT2D eigenvalue weighted by Crippen LogP contribution is -2.58. The molecule has 4 heterocycles. The monoisotopic (exact) mass is 663 g/mol. The van der Waals surface area contributed by atoms with E-state index >= 15 is 0 Å². The Hall–Kier alpha value is -4.81. The van der Waals surface area contributed by atoms with Crippen LogP contribution in [0.3, 0.4) is 0 Å².